The van der Waals surface area contributed by atoms with Gasteiger partial charge in [0.25, 0.3) is 0 Å². The van der Waals surface area contributed by atoms with Gasteiger partial charge in [-0.2, -0.15) is 0 Å². The molecule has 0 spiro atoms. The number of benzene rings is 1. The van der Waals surface area contributed by atoms with Crippen molar-refractivity contribution in [2.45, 2.75) is 65.8 Å². The molecular formula is C19H33N. The summed E-state index contributed by atoms with van der Waals surface area (Å²) in [5.74, 6) is 1.31. The molecule has 0 aliphatic rings. The van der Waals surface area contributed by atoms with Crippen LogP contribution < -0.4 is 5.32 Å². The highest BCUT2D eigenvalue weighted by Crippen LogP contribution is 2.34. The van der Waals surface area contributed by atoms with E-state index in [0.29, 0.717) is 23.3 Å². The van der Waals surface area contributed by atoms with Crippen molar-refractivity contribution in [1.29, 1.82) is 0 Å². The Hall–Kier alpha value is -0.820. The van der Waals surface area contributed by atoms with Gasteiger partial charge >= 0.3 is 0 Å². The lowest BCUT2D eigenvalue weighted by atomic mass is 9.76. The van der Waals surface area contributed by atoms with Crippen molar-refractivity contribution in [2.75, 3.05) is 7.05 Å². The monoisotopic (exact) mass is 275 g/mol. The number of hydrogen-bond acceptors (Lipinski definition) is 1. The Balaban J connectivity index is 2.90. The quantitative estimate of drug-likeness (QED) is 0.718. The predicted octanol–water partition coefficient (Wildman–Crippen LogP) is 5.23. The van der Waals surface area contributed by atoms with Crippen LogP contribution in [0, 0.1) is 11.3 Å². The average molecular weight is 275 g/mol. The summed E-state index contributed by atoms with van der Waals surface area (Å²) >= 11 is 0. The first-order chi connectivity index (χ1) is 9.39. The van der Waals surface area contributed by atoms with E-state index < -0.39 is 0 Å². The van der Waals surface area contributed by atoms with Crippen LogP contribution in [0.15, 0.2) is 30.3 Å². The van der Waals surface area contributed by atoms with Gasteiger partial charge in [0.2, 0.25) is 0 Å². The van der Waals surface area contributed by atoms with Crippen LogP contribution in [-0.4, -0.2) is 13.1 Å². The van der Waals surface area contributed by atoms with Gasteiger partial charge in [-0.15, -0.1) is 0 Å². The SMILES string of the molecule is CCC(C)C(c1ccccc1)C(CCC(C)(C)C)NC. The molecule has 0 amide bonds. The fourth-order valence-electron chi connectivity index (χ4n) is 2.98. The van der Waals surface area contributed by atoms with Gasteiger partial charge in [0.05, 0.1) is 0 Å². The Bertz CT molecular complexity index is 363. The molecule has 3 atom stereocenters. The van der Waals surface area contributed by atoms with Gasteiger partial charge in [0.1, 0.15) is 0 Å². The smallest absolute Gasteiger partial charge is 0.0135 e. The summed E-state index contributed by atoms with van der Waals surface area (Å²) in [4.78, 5) is 0. The van der Waals surface area contributed by atoms with Crippen molar-refractivity contribution in [3.63, 3.8) is 0 Å². The van der Waals surface area contributed by atoms with Crippen LogP contribution in [0.3, 0.4) is 0 Å². The minimum absolute atomic E-state index is 0.409. The van der Waals surface area contributed by atoms with E-state index in [0.717, 1.165) is 0 Å². The summed E-state index contributed by atoms with van der Waals surface area (Å²) < 4.78 is 0. The van der Waals surface area contributed by atoms with Crippen LogP contribution in [0.5, 0.6) is 0 Å². The summed E-state index contributed by atoms with van der Waals surface area (Å²) in [6.45, 7) is 11.7. The number of rotatable bonds is 7. The highest BCUT2D eigenvalue weighted by Gasteiger charge is 2.27. The summed E-state index contributed by atoms with van der Waals surface area (Å²) in [5.41, 5.74) is 1.89. The Morgan fingerprint density at radius 3 is 2.15 bits per heavy atom. The first-order valence-corrected chi connectivity index (χ1v) is 8.11. The molecule has 114 valence electrons. The van der Waals surface area contributed by atoms with Crippen LogP contribution in [0.2, 0.25) is 0 Å². The molecule has 0 aliphatic carbocycles. The molecule has 1 aromatic carbocycles. The molecule has 0 saturated heterocycles. The summed E-state index contributed by atoms with van der Waals surface area (Å²) in [7, 11) is 2.12. The topological polar surface area (TPSA) is 12.0 Å². The minimum Gasteiger partial charge on any atom is -0.316 e. The number of hydrogen-bond donors (Lipinski definition) is 1. The third-order valence-electron chi connectivity index (χ3n) is 4.45. The largest absolute Gasteiger partial charge is 0.316 e. The van der Waals surface area contributed by atoms with E-state index in [4.69, 9.17) is 0 Å². The van der Waals surface area contributed by atoms with Crippen LogP contribution >= 0.6 is 0 Å². The zero-order valence-corrected chi connectivity index (χ0v) is 14.2. The molecular weight excluding hydrogens is 242 g/mol. The number of likely N-dealkylation sites (N-methyl/N-ethyl adjacent to an activating group) is 1. The standard InChI is InChI=1S/C19H33N/c1-7-15(2)18(16-11-9-8-10-12-16)17(20-6)13-14-19(3,4)5/h8-12,15,17-18,20H,7,13-14H2,1-6H3. The summed E-state index contributed by atoms with van der Waals surface area (Å²) in [5, 5.41) is 3.59. The van der Waals surface area contributed by atoms with Crippen LogP contribution in [0.25, 0.3) is 0 Å². The maximum absolute atomic E-state index is 3.59. The third kappa shape index (κ3) is 5.28. The third-order valence-corrected chi connectivity index (χ3v) is 4.45. The minimum atomic E-state index is 0.409. The molecule has 1 rings (SSSR count). The van der Waals surface area contributed by atoms with E-state index >= 15 is 0 Å². The molecule has 3 unspecified atom stereocenters. The normalized spacial score (nSPS) is 16.7. The van der Waals surface area contributed by atoms with Gasteiger partial charge in [0.15, 0.2) is 0 Å². The van der Waals surface area contributed by atoms with Crippen molar-refractivity contribution in [2.24, 2.45) is 11.3 Å². The van der Waals surface area contributed by atoms with Crippen molar-refractivity contribution in [3.05, 3.63) is 35.9 Å². The second kappa shape index (κ2) is 7.83. The van der Waals surface area contributed by atoms with E-state index in [2.05, 4.69) is 77.3 Å². The van der Waals surface area contributed by atoms with Crippen LogP contribution in [0.1, 0.15) is 65.4 Å². The molecule has 1 aromatic rings. The van der Waals surface area contributed by atoms with Crippen LogP contribution in [0.4, 0.5) is 0 Å². The molecule has 0 bridgehead atoms. The molecule has 0 fully saturated rings. The first-order valence-electron chi connectivity index (χ1n) is 8.11. The lowest BCUT2D eigenvalue weighted by Crippen LogP contribution is -2.36. The molecule has 0 aliphatic heterocycles. The highest BCUT2D eigenvalue weighted by atomic mass is 14.9. The molecule has 0 aromatic heterocycles. The fourth-order valence-corrected chi connectivity index (χ4v) is 2.98. The average Bonchev–Trinajstić information content (AvgIpc) is 2.42. The lowest BCUT2D eigenvalue weighted by molar-refractivity contribution is 0.282. The van der Waals surface area contributed by atoms with Crippen LogP contribution in [-0.2, 0) is 0 Å². The van der Waals surface area contributed by atoms with E-state index in [-0.39, 0.29) is 0 Å². The molecule has 0 saturated carbocycles. The number of nitrogens with one attached hydrogen (secondary N) is 1. The zero-order valence-electron chi connectivity index (χ0n) is 14.2. The van der Waals surface area contributed by atoms with Gasteiger partial charge in [0, 0.05) is 12.0 Å². The zero-order chi connectivity index (χ0) is 15.2. The Morgan fingerprint density at radius 2 is 1.70 bits per heavy atom. The van der Waals surface area contributed by atoms with E-state index in [1.165, 1.54) is 24.8 Å². The van der Waals surface area contributed by atoms with Gasteiger partial charge in [-0.3, -0.25) is 0 Å². The van der Waals surface area contributed by atoms with Crippen molar-refractivity contribution in [1.82, 2.24) is 5.32 Å². The van der Waals surface area contributed by atoms with E-state index in [9.17, 15) is 0 Å². The lowest BCUT2D eigenvalue weighted by Gasteiger charge is -2.33. The van der Waals surface area contributed by atoms with Crippen molar-refractivity contribution >= 4 is 0 Å². The highest BCUT2D eigenvalue weighted by molar-refractivity contribution is 5.22. The van der Waals surface area contributed by atoms with Gasteiger partial charge in [-0.05, 0) is 36.8 Å². The molecule has 1 heteroatoms. The predicted molar refractivity (Wildman–Crippen MR) is 90.2 cm³/mol. The van der Waals surface area contributed by atoms with E-state index in [1.54, 1.807) is 0 Å². The summed E-state index contributed by atoms with van der Waals surface area (Å²) in [6.07, 6.45) is 3.73. The molecule has 1 N–H and O–H groups in total. The molecule has 20 heavy (non-hydrogen) atoms. The maximum atomic E-state index is 3.59. The molecule has 0 heterocycles. The summed E-state index contributed by atoms with van der Waals surface area (Å²) in [6, 6.07) is 11.6. The van der Waals surface area contributed by atoms with Gasteiger partial charge in [-0.25, -0.2) is 0 Å². The van der Waals surface area contributed by atoms with Gasteiger partial charge < -0.3 is 5.32 Å². The van der Waals surface area contributed by atoms with E-state index in [1.807, 2.05) is 0 Å². The second-order valence-corrected chi connectivity index (χ2v) is 7.32. The van der Waals surface area contributed by atoms with Crippen molar-refractivity contribution < 1.29 is 0 Å². The van der Waals surface area contributed by atoms with Crippen molar-refractivity contribution in [3.8, 4) is 0 Å². The first kappa shape index (κ1) is 17.2. The molecule has 1 nitrogen and oxygen atoms in total. The fraction of sp³-hybridized carbons (Fsp3) is 0.684. The Morgan fingerprint density at radius 1 is 1.10 bits per heavy atom. The maximum Gasteiger partial charge on any atom is 0.0135 e. The Labute approximate surface area is 126 Å². The second-order valence-electron chi connectivity index (χ2n) is 7.32. The molecule has 0 radical (unpaired) electrons. The van der Waals surface area contributed by atoms with Gasteiger partial charge in [-0.1, -0.05) is 71.4 Å². The Kier molecular flexibility index (Phi) is 6.75.